The SMILES string of the molecule is CN1CC[C@@H]2CN(C(=O)CCS(=O)(=O)c3ccccc3)C[C@@H]2C1=O. The molecule has 1 aromatic carbocycles. The Morgan fingerprint density at radius 1 is 1.21 bits per heavy atom. The normalized spacial score (nSPS) is 24.1. The highest BCUT2D eigenvalue weighted by Gasteiger charge is 2.43. The largest absolute Gasteiger partial charge is 0.345 e. The van der Waals surface area contributed by atoms with Gasteiger partial charge >= 0.3 is 0 Å². The fourth-order valence-electron chi connectivity index (χ4n) is 3.53. The number of hydrogen-bond acceptors (Lipinski definition) is 4. The van der Waals surface area contributed by atoms with E-state index >= 15 is 0 Å². The predicted octanol–water partition coefficient (Wildman–Crippen LogP) is 0.787. The summed E-state index contributed by atoms with van der Waals surface area (Å²) in [6.07, 6.45) is 0.861. The maximum Gasteiger partial charge on any atom is 0.227 e. The molecule has 2 heterocycles. The van der Waals surface area contributed by atoms with Crippen LogP contribution in [0.1, 0.15) is 12.8 Å². The molecule has 7 heteroatoms. The van der Waals surface area contributed by atoms with E-state index in [4.69, 9.17) is 0 Å². The van der Waals surface area contributed by atoms with Crippen LogP contribution in [0.15, 0.2) is 35.2 Å². The molecule has 2 atom stereocenters. The zero-order valence-electron chi connectivity index (χ0n) is 13.7. The van der Waals surface area contributed by atoms with Gasteiger partial charge in [0.05, 0.1) is 16.6 Å². The Labute approximate surface area is 142 Å². The van der Waals surface area contributed by atoms with Gasteiger partial charge in [0.15, 0.2) is 9.84 Å². The lowest BCUT2D eigenvalue weighted by atomic mass is 9.88. The third-order valence-electron chi connectivity index (χ3n) is 5.01. The highest BCUT2D eigenvalue weighted by Crippen LogP contribution is 2.31. The Hall–Kier alpha value is -1.89. The van der Waals surface area contributed by atoms with Gasteiger partial charge in [0.25, 0.3) is 0 Å². The summed E-state index contributed by atoms with van der Waals surface area (Å²) in [6, 6.07) is 8.17. The molecule has 0 aliphatic carbocycles. The monoisotopic (exact) mass is 350 g/mol. The topological polar surface area (TPSA) is 74.8 Å². The minimum atomic E-state index is -3.45. The number of nitrogens with zero attached hydrogens (tertiary/aromatic N) is 2. The highest BCUT2D eigenvalue weighted by molar-refractivity contribution is 7.91. The van der Waals surface area contributed by atoms with Crippen LogP contribution in [0.3, 0.4) is 0 Å². The van der Waals surface area contributed by atoms with Crippen LogP contribution in [0.2, 0.25) is 0 Å². The molecular formula is C17H22N2O4S. The number of amides is 2. The Morgan fingerprint density at radius 3 is 2.62 bits per heavy atom. The summed E-state index contributed by atoms with van der Waals surface area (Å²) in [4.78, 5) is 28.2. The number of fused-ring (bicyclic) bond motifs is 1. The first-order valence-electron chi connectivity index (χ1n) is 8.19. The van der Waals surface area contributed by atoms with Gasteiger partial charge in [-0.1, -0.05) is 18.2 Å². The van der Waals surface area contributed by atoms with Crippen LogP contribution in [0.4, 0.5) is 0 Å². The van der Waals surface area contributed by atoms with Crippen molar-refractivity contribution in [2.24, 2.45) is 11.8 Å². The molecule has 0 bridgehead atoms. The molecule has 2 saturated heterocycles. The number of hydrogen-bond donors (Lipinski definition) is 0. The lowest BCUT2D eigenvalue weighted by Crippen LogP contribution is -2.42. The van der Waals surface area contributed by atoms with E-state index in [1.54, 1.807) is 47.2 Å². The van der Waals surface area contributed by atoms with Crippen LogP contribution < -0.4 is 0 Å². The number of rotatable bonds is 4. The number of carbonyl (C=O) groups is 2. The van der Waals surface area contributed by atoms with Crippen LogP contribution in [0, 0.1) is 11.8 Å². The fourth-order valence-corrected chi connectivity index (χ4v) is 4.78. The van der Waals surface area contributed by atoms with Crippen molar-refractivity contribution in [3.8, 4) is 0 Å². The van der Waals surface area contributed by atoms with Gasteiger partial charge in [0.1, 0.15) is 0 Å². The summed E-state index contributed by atoms with van der Waals surface area (Å²) in [6.45, 7) is 1.71. The molecule has 2 amide bonds. The van der Waals surface area contributed by atoms with E-state index in [1.807, 2.05) is 0 Å². The first-order chi connectivity index (χ1) is 11.4. The molecule has 0 saturated carbocycles. The first-order valence-corrected chi connectivity index (χ1v) is 9.84. The van der Waals surface area contributed by atoms with E-state index in [1.165, 1.54) is 0 Å². The number of carbonyl (C=O) groups excluding carboxylic acids is 2. The summed E-state index contributed by atoms with van der Waals surface area (Å²) < 4.78 is 24.5. The van der Waals surface area contributed by atoms with Crippen molar-refractivity contribution in [2.75, 3.05) is 32.4 Å². The maximum atomic E-state index is 12.4. The van der Waals surface area contributed by atoms with E-state index in [9.17, 15) is 18.0 Å². The lowest BCUT2D eigenvalue weighted by Gasteiger charge is -2.30. The van der Waals surface area contributed by atoms with Crippen molar-refractivity contribution in [3.63, 3.8) is 0 Å². The second-order valence-corrected chi connectivity index (χ2v) is 8.70. The second kappa shape index (κ2) is 6.55. The van der Waals surface area contributed by atoms with Crippen molar-refractivity contribution >= 4 is 21.7 Å². The van der Waals surface area contributed by atoms with Gasteiger partial charge in [-0.3, -0.25) is 9.59 Å². The third kappa shape index (κ3) is 3.31. The lowest BCUT2D eigenvalue weighted by molar-refractivity contribution is -0.138. The molecule has 0 unspecified atom stereocenters. The van der Waals surface area contributed by atoms with Crippen molar-refractivity contribution in [1.29, 1.82) is 0 Å². The molecule has 3 rings (SSSR count). The number of piperidine rings is 1. The van der Waals surface area contributed by atoms with E-state index in [2.05, 4.69) is 0 Å². The summed E-state index contributed by atoms with van der Waals surface area (Å²) in [7, 11) is -1.67. The predicted molar refractivity (Wildman–Crippen MR) is 88.9 cm³/mol. The van der Waals surface area contributed by atoms with Crippen molar-refractivity contribution < 1.29 is 18.0 Å². The summed E-state index contributed by atoms with van der Waals surface area (Å²) >= 11 is 0. The molecule has 24 heavy (non-hydrogen) atoms. The van der Waals surface area contributed by atoms with Crippen molar-refractivity contribution in [3.05, 3.63) is 30.3 Å². The maximum absolute atomic E-state index is 12.4. The molecule has 0 N–H and O–H groups in total. The average Bonchev–Trinajstić information content (AvgIpc) is 3.02. The van der Waals surface area contributed by atoms with E-state index in [0.717, 1.165) is 13.0 Å². The molecule has 130 valence electrons. The van der Waals surface area contributed by atoms with E-state index in [-0.39, 0.29) is 40.7 Å². The summed E-state index contributed by atoms with van der Waals surface area (Å²) in [5.74, 6) is -0.199. The fraction of sp³-hybridized carbons (Fsp3) is 0.529. The smallest absolute Gasteiger partial charge is 0.227 e. The number of likely N-dealkylation sites (tertiary alicyclic amines) is 2. The molecule has 0 aromatic heterocycles. The minimum Gasteiger partial charge on any atom is -0.345 e. The molecule has 0 radical (unpaired) electrons. The Kier molecular flexibility index (Phi) is 4.62. The van der Waals surface area contributed by atoms with E-state index < -0.39 is 9.84 Å². The van der Waals surface area contributed by atoms with Gasteiger partial charge in [-0.15, -0.1) is 0 Å². The molecule has 1 aromatic rings. The van der Waals surface area contributed by atoms with Crippen LogP contribution >= 0.6 is 0 Å². The molecular weight excluding hydrogens is 328 g/mol. The average molecular weight is 350 g/mol. The highest BCUT2D eigenvalue weighted by atomic mass is 32.2. The Balaban J connectivity index is 1.60. The van der Waals surface area contributed by atoms with Crippen LogP contribution in [-0.4, -0.2) is 62.5 Å². The Morgan fingerprint density at radius 2 is 1.92 bits per heavy atom. The standard InChI is InChI=1S/C17H22N2O4S/c1-18-9-7-13-11-19(12-15(13)17(18)21)16(20)8-10-24(22,23)14-5-3-2-4-6-14/h2-6,13,15H,7-12H2,1H3/t13-,15+/m1/s1. The van der Waals surface area contributed by atoms with E-state index in [0.29, 0.717) is 13.1 Å². The van der Waals surface area contributed by atoms with Gasteiger partial charge in [0.2, 0.25) is 11.8 Å². The second-order valence-electron chi connectivity index (χ2n) is 6.60. The summed E-state index contributed by atoms with van der Waals surface area (Å²) in [5.41, 5.74) is 0. The van der Waals surface area contributed by atoms with Crippen LogP contribution in [0.25, 0.3) is 0 Å². The minimum absolute atomic E-state index is 0.0410. The number of benzene rings is 1. The molecule has 2 aliphatic rings. The van der Waals surface area contributed by atoms with Gasteiger partial charge in [-0.25, -0.2) is 8.42 Å². The third-order valence-corrected chi connectivity index (χ3v) is 6.74. The van der Waals surface area contributed by atoms with Crippen molar-refractivity contribution in [2.45, 2.75) is 17.7 Å². The van der Waals surface area contributed by atoms with Gasteiger partial charge in [-0.05, 0) is 24.5 Å². The zero-order valence-corrected chi connectivity index (χ0v) is 14.5. The number of sulfone groups is 1. The molecule has 6 nitrogen and oxygen atoms in total. The molecule has 2 fully saturated rings. The van der Waals surface area contributed by atoms with Crippen molar-refractivity contribution in [1.82, 2.24) is 9.80 Å². The first kappa shape index (κ1) is 17.0. The summed E-state index contributed by atoms with van der Waals surface area (Å²) in [5, 5.41) is 0. The van der Waals surface area contributed by atoms with Gasteiger partial charge in [0, 0.05) is 33.1 Å². The van der Waals surface area contributed by atoms with Crippen LogP contribution in [0.5, 0.6) is 0 Å². The Bertz CT molecular complexity index is 732. The quantitative estimate of drug-likeness (QED) is 0.804. The molecule has 2 aliphatic heterocycles. The van der Waals surface area contributed by atoms with Gasteiger partial charge < -0.3 is 9.80 Å². The van der Waals surface area contributed by atoms with Gasteiger partial charge in [-0.2, -0.15) is 0 Å². The zero-order chi connectivity index (χ0) is 17.3. The van der Waals surface area contributed by atoms with Crippen LogP contribution in [-0.2, 0) is 19.4 Å². The molecule has 0 spiro atoms.